The van der Waals surface area contributed by atoms with Crippen LogP contribution in [0.15, 0.2) is 24.3 Å². The summed E-state index contributed by atoms with van der Waals surface area (Å²) in [6.07, 6.45) is 0.224. The molecule has 1 unspecified atom stereocenters. The lowest BCUT2D eigenvalue weighted by molar-refractivity contribution is -0.128. The Labute approximate surface area is 123 Å². The molecule has 1 atom stereocenters. The van der Waals surface area contributed by atoms with Crippen LogP contribution >= 0.6 is 0 Å². The summed E-state index contributed by atoms with van der Waals surface area (Å²) in [7, 11) is 1.71. The first-order valence-corrected chi connectivity index (χ1v) is 6.84. The van der Waals surface area contributed by atoms with E-state index in [1.54, 1.807) is 18.0 Å². The van der Waals surface area contributed by atoms with Crippen molar-refractivity contribution >= 4 is 23.4 Å². The van der Waals surface area contributed by atoms with Gasteiger partial charge in [-0.1, -0.05) is 18.2 Å². The van der Waals surface area contributed by atoms with Gasteiger partial charge in [0.05, 0.1) is 5.92 Å². The van der Waals surface area contributed by atoms with Crippen LogP contribution in [-0.4, -0.2) is 36.2 Å². The third-order valence-corrected chi connectivity index (χ3v) is 3.57. The Morgan fingerprint density at radius 3 is 2.71 bits per heavy atom. The molecule has 0 spiro atoms. The van der Waals surface area contributed by atoms with Gasteiger partial charge in [-0.3, -0.25) is 14.4 Å². The Kier molecular flexibility index (Phi) is 4.57. The molecule has 0 saturated carbocycles. The molecule has 21 heavy (non-hydrogen) atoms. The largest absolute Gasteiger partial charge is 0.355 e. The maximum absolute atomic E-state index is 12.1. The third kappa shape index (κ3) is 3.81. The Bertz CT molecular complexity index is 571. The number of benzene rings is 1. The van der Waals surface area contributed by atoms with Gasteiger partial charge in [-0.05, 0) is 11.6 Å². The van der Waals surface area contributed by atoms with Crippen LogP contribution in [0.25, 0.3) is 0 Å². The summed E-state index contributed by atoms with van der Waals surface area (Å²) in [4.78, 5) is 36.2. The van der Waals surface area contributed by atoms with E-state index >= 15 is 0 Å². The van der Waals surface area contributed by atoms with Crippen molar-refractivity contribution in [2.45, 2.75) is 19.9 Å². The number of carbonyl (C=O) groups excluding carboxylic acids is 3. The maximum Gasteiger partial charge on any atom is 0.229 e. The highest BCUT2D eigenvalue weighted by molar-refractivity contribution is 5.97. The zero-order chi connectivity index (χ0) is 15.4. The van der Waals surface area contributed by atoms with E-state index in [9.17, 15) is 14.4 Å². The number of rotatable bonds is 4. The predicted octanol–water partition coefficient (Wildman–Crippen LogP) is 0.739. The molecule has 1 saturated heterocycles. The number of hydrogen-bond acceptors (Lipinski definition) is 3. The van der Waals surface area contributed by atoms with E-state index in [0.29, 0.717) is 18.8 Å². The van der Waals surface area contributed by atoms with Crippen molar-refractivity contribution in [1.29, 1.82) is 0 Å². The summed E-state index contributed by atoms with van der Waals surface area (Å²) in [5.41, 5.74) is 1.54. The van der Waals surface area contributed by atoms with Gasteiger partial charge < -0.3 is 15.5 Å². The summed E-state index contributed by atoms with van der Waals surface area (Å²) < 4.78 is 0. The second kappa shape index (κ2) is 6.39. The molecule has 1 aromatic rings. The van der Waals surface area contributed by atoms with Crippen molar-refractivity contribution in [2.75, 3.05) is 18.9 Å². The number of para-hydroxylation sites is 1. The van der Waals surface area contributed by atoms with Crippen LogP contribution < -0.4 is 10.6 Å². The van der Waals surface area contributed by atoms with E-state index in [2.05, 4.69) is 10.6 Å². The van der Waals surface area contributed by atoms with Gasteiger partial charge in [-0.25, -0.2) is 0 Å². The first-order chi connectivity index (χ1) is 9.97. The number of nitrogens with zero attached hydrogens (tertiary/aromatic N) is 1. The quantitative estimate of drug-likeness (QED) is 0.858. The summed E-state index contributed by atoms with van der Waals surface area (Å²) >= 11 is 0. The third-order valence-electron chi connectivity index (χ3n) is 3.57. The Morgan fingerprint density at radius 1 is 1.38 bits per heavy atom. The zero-order valence-corrected chi connectivity index (χ0v) is 12.2. The van der Waals surface area contributed by atoms with Gasteiger partial charge in [0.2, 0.25) is 17.7 Å². The number of nitrogens with one attached hydrogen (secondary N) is 2. The highest BCUT2D eigenvalue weighted by atomic mass is 16.2. The molecule has 1 aliphatic rings. The molecule has 1 fully saturated rings. The fourth-order valence-electron chi connectivity index (χ4n) is 2.17. The molecule has 1 aliphatic heterocycles. The standard InChI is InChI=1S/C15H19N3O3/c1-10(19)18(2)9-11-5-3-4-6-13(11)17-15(21)12-7-14(20)16-8-12/h3-6,12H,7-9H2,1-2H3,(H,16,20)(H,17,21). The molecule has 6 heteroatoms. The van der Waals surface area contributed by atoms with Crippen molar-refractivity contribution in [3.63, 3.8) is 0 Å². The first-order valence-electron chi connectivity index (χ1n) is 6.84. The van der Waals surface area contributed by atoms with Crippen LogP contribution in [0.3, 0.4) is 0 Å². The van der Waals surface area contributed by atoms with Crippen LogP contribution in [0.4, 0.5) is 5.69 Å². The van der Waals surface area contributed by atoms with Crippen molar-refractivity contribution in [2.24, 2.45) is 5.92 Å². The second-order valence-corrected chi connectivity index (χ2v) is 5.23. The second-order valence-electron chi connectivity index (χ2n) is 5.23. The van der Waals surface area contributed by atoms with Crippen molar-refractivity contribution in [3.8, 4) is 0 Å². The molecular formula is C15H19N3O3. The predicted molar refractivity (Wildman–Crippen MR) is 78.3 cm³/mol. The van der Waals surface area contributed by atoms with E-state index in [4.69, 9.17) is 0 Å². The van der Waals surface area contributed by atoms with Gasteiger partial charge in [-0.15, -0.1) is 0 Å². The lowest BCUT2D eigenvalue weighted by Crippen LogP contribution is -2.27. The number of carbonyl (C=O) groups is 3. The van der Waals surface area contributed by atoms with E-state index in [-0.39, 0.29) is 30.1 Å². The summed E-state index contributed by atoms with van der Waals surface area (Å²) in [5.74, 6) is -0.649. The van der Waals surface area contributed by atoms with Gasteiger partial charge in [0.15, 0.2) is 0 Å². The molecular weight excluding hydrogens is 270 g/mol. The molecule has 2 N–H and O–H groups in total. The van der Waals surface area contributed by atoms with Gasteiger partial charge in [0.25, 0.3) is 0 Å². The maximum atomic E-state index is 12.1. The van der Waals surface area contributed by atoms with Gasteiger partial charge in [0, 0.05) is 39.2 Å². The van der Waals surface area contributed by atoms with Gasteiger partial charge >= 0.3 is 0 Å². The van der Waals surface area contributed by atoms with E-state index in [1.165, 1.54) is 6.92 Å². The molecule has 1 aromatic carbocycles. The molecule has 2 rings (SSSR count). The normalized spacial score (nSPS) is 17.2. The highest BCUT2D eigenvalue weighted by Crippen LogP contribution is 2.19. The van der Waals surface area contributed by atoms with Crippen molar-refractivity contribution < 1.29 is 14.4 Å². The summed E-state index contributed by atoms with van der Waals surface area (Å²) in [6.45, 7) is 2.30. The lowest BCUT2D eigenvalue weighted by Gasteiger charge is -2.18. The molecule has 3 amide bonds. The molecule has 6 nitrogen and oxygen atoms in total. The van der Waals surface area contributed by atoms with Crippen LogP contribution in [0.5, 0.6) is 0 Å². The number of anilines is 1. The first kappa shape index (κ1) is 15.0. The Morgan fingerprint density at radius 2 is 2.10 bits per heavy atom. The van der Waals surface area contributed by atoms with Crippen molar-refractivity contribution in [1.82, 2.24) is 10.2 Å². The molecule has 1 heterocycles. The highest BCUT2D eigenvalue weighted by Gasteiger charge is 2.28. The summed E-state index contributed by atoms with van der Waals surface area (Å²) in [6, 6.07) is 7.35. The van der Waals surface area contributed by atoms with Crippen LogP contribution in [0.2, 0.25) is 0 Å². The van der Waals surface area contributed by atoms with Crippen LogP contribution in [0.1, 0.15) is 18.9 Å². The van der Waals surface area contributed by atoms with E-state index < -0.39 is 0 Å². The molecule has 0 radical (unpaired) electrons. The topological polar surface area (TPSA) is 78.5 Å². The minimum atomic E-state index is -0.337. The average Bonchev–Trinajstić information content (AvgIpc) is 2.87. The number of hydrogen-bond donors (Lipinski definition) is 2. The average molecular weight is 289 g/mol. The molecule has 112 valence electrons. The van der Waals surface area contributed by atoms with Crippen LogP contribution in [-0.2, 0) is 20.9 Å². The van der Waals surface area contributed by atoms with Gasteiger partial charge in [-0.2, -0.15) is 0 Å². The zero-order valence-electron chi connectivity index (χ0n) is 12.2. The molecule has 0 aliphatic carbocycles. The van der Waals surface area contributed by atoms with Gasteiger partial charge in [0.1, 0.15) is 0 Å². The van der Waals surface area contributed by atoms with E-state index in [1.807, 2.05) is 18.2 Å². The van der Waals surface area contributed by atoms with Crippen LogP contribution in [0, 0.1) is 5.92 Å². The monoisotopic (exact) mass is 289 g/mol. The fraction of sp³-hybridized carbons (Fsp3) is 0.400. The smallest absolute Gasteiger partial charge is 0.229 e. The van der Waals surface area contributed by atoms with Crippen molar-refractivity contribution in [3.05, 3.63) is 29.8 Å². The number of amides is 3. The molecule has 0 aromatic heterocycles. The minimum absolute atomic E-state index is 0.0401. The summed E-state index contributed by atoms with van der Waals surface area (Å²) in [5, 5.41) is 5.49. The fourth-order valence-corrected chi connectivity index (χ4v) is 2.17. The SMILES string of the molecule is CC(=O)N(C)Cc1ccccc1NC(=O)C1CNC(=O)C1. The minimum Gasteiger partial charge on any atom is -0.355 e. The Balaban J connectivity index is 2.07. The Hall–Kier alpha value is -2.37. The lowest BCUT2D eigenvalue weighted by atomic mass is 10.1. The van der Waals surface area contributed by atoms with E-state index in [0.717, 1.165) is 5.56 Å². The molecule has 0 bridgehead atoms.